The smallest absolute Gasteiger partial charge is 0.140 e. The predicted molar refractivity (Wildman–Crippen MR) is 70.0 cm³/mol. The minimum Gasteiger partial charge on any atom is -0.235 e. The highest BCUT2D eigenvalue weighted by Crippen LogP contribution is 2.25. The second-order valence-corrected chi connectivity index (χ2v) is 5.21. The molecule has 13 heavy (non-hydrogen) atoms. The molecule has 1 aromatic heterocycles. The van der Waals surface area contributed by atoms with Gasteiger partial charge in [-0.25, -0.2) is 9.97 Å². The fraction of sp³-hybridized carbons (Fsp3) is 0. The van der Waals surface area contributed by atoms with Crippen molar-refractivity contribution in [2.24, 2.45) is 0 Å². The molecule has 0 bridgehead atoms. The number of rotatable bonds is 0. The zero-order chi connectivity index (χ0) is 9.42. The second-order valence-electron chi connectivity index (χ2n) is 2.45. The molecule has 5 heteroatoms. The number of hydrogen-bond donors (Lipinski definition) is 0. The van der Waals surface area contributed by atoms with Crippen molar-refractivity contribution in [3.05, 3.63) is 30.8 Å². The SMILES string of the molecule is Clc1ncnc2c(I)cc(I)cc12. The molecule has 0 amide bonds. The summed E-state index contributed by atoms with van der Waals surface area (Å²) in [4.78, 5) is 8.11. The molecule has 0 unspecified atom stereocenters. The first-order chi connectivity index (χ1) is 6.18. The third-order valence-corrected chi connectivity index (χ3v) is 3.35. The molecule has 0 saturated carbocycles. The van der Waals surface area contributed by atoms with E-state index in [2.05, 4.69) is 61.2 Å². The minimum atomic E-state index is 0.515. The zero-order valence-electron chi connectivity index (χ0n) is 6.26. The van der Waals surface area contributed by atoms with Crippen molar-refractivity contribution in [1.29, 1.82) is 0 Å². The molecule has 0 fully saturated rings. The number of fused-ring (bicyclic) bond motifs is 1. The topological polar surface area (TPSA) is 25.8 Å². The van der Waals surface area contributed by atoms with Gasteiger partial charge in [-0.05, 0) is 57.3 Å². The normalized spacial score (nSPS) is 10.7. The van der Waals surface area contributed by atoms with E-state index in [4.69, 9.17) is 11.6 Å². The van der Waals surface area contributed by atoms with Gasteiger partial charge in [-0.15, -0.1) is 0 Å². The lowest BCUT2D eigenvalue weighted by atomic mass is 10.2. The monoisotopic (exact) mass is 416 g/mol. The van der Waals surface area contributed by atoms with Crippen LogP contribution in [-0.4, -0.2) is 9.97 Å². The molecule has 0 saturated heterocycles. The summed E-state index contributed by atoms with van der Waals surface area (Å²) in [5.41, 5.74) is 0.918. The molecule has 1 aromatic carbocycles. The lowest BCUT2D eigenvalue weighted by Gasteiger charge is -2.01. The highest BCUT2D eigenvalue weighted by Gasteiger charge is 2.05. The maximum atomic E-state index is 5.94. The van der Waals surface area contributed by atoms with Crippen molar-refractivity contribution < 1.29 is 0 Å². The van der Waals surface area contributed by atoms with Crippen LogP contribution >= 0.6 is 56.8 Å². The van der Waals surface area contributed by atoms with E-state index in [1.54, 1.807) is 0 Å². The summed E-state index contributed by atoms with van der Waals surface area (Å²) in [6.07, 6.45) is 1.49. The minimum absolute atomic E-state index is 0.515. The molecule has 0 N–H and O–H groups in total. The van der Waals surface area contributed by atoms with Crippen LogP contribution in [-0.2, 0) is 0 Å². The van der Waals surface area contributed by atoms with Crippen molar-refractivity contribution in [2.45, 2.75) is 0 Å². The Labute approximate surface area is 107 Å². The summed E-state index contributed by atoms with van der Waals surface area (Å²) in [6, 6.07) is 4.05. The predicted octanol–water partition coefficient (Wildman–Crippen LogP) is 3.49. The van der Waals surface area contributed by atoms with E-state index >= 15 is 0 Å². The van der Waals surface area contributed by atoms with Gasteiger partial charge < -0.3 is 0 Å². The largest absolute Gasteiger partial charge is 0.235 e. The fourth-order valence-electron chi connectivity index (χ4n) is 1.06. The van der Waals surface area contributed by atoms with E-state index in [9.17, 15) is 0 Å². The van der Waals surface area contributed by atoms with Gasteiger partial charge in [0, 0.05) is 12.5 Å². The summed E-state index contributed by atoms with van der Waals surface area (Å²) in [6.45, 7) is 0. The Bertz CT molecular complexity index is 473. The van der Waals surface area contributed by atoms with Crippen molar-refractivity contribution in [3.8, 4) is 0 Å². The molecule has 0 aliphatic carbocycles. The van der Waals surface area contributed by atoms with Crippen molar-refractivity contribution >= 4 is 67.7 Å². The molecule has 2 rings (SSSR count). The first kappa shape index (κ1) is 9.85. The summed E-state index contributed by atoms with van der Waals surface area (Å²) in [5, 5.41) is 1.43. The van der Waals surface area contributed by atoms with Gasteiger partial charge in [0.15, 0.2) is 0 Å². The first-order valence-corrected chi connectivity index (χ1v) is 5.97. The molecule has 2 nitrogen and oxygen atoms in total. The van der Waals surface area contributed by atoms with Gasteiger partial charge in [0.2, 0.25) is 0 Å². The molecule has 1 heterocycles. The molecule has 66 valence electrons. The molecule has 0 aliphatic heterocycles. The third-order valence-electron chi connectivity index (χ3n) is 1.61. The lowest BCUT2D eigenvalue weighted by Crippen LogP contribution is -1.87. The third kappa shape index (κ3) is 1.89. The molecule has 0 spiro atoms. The Hall–Kier alpha value is 0.310. The summed E-state index contributed by atoms with van der Waals surface area (Å²) in [7, 11) is 0. The highest BCUT2D eigenvalue weighted by atomic mass is 127. The van der Waals surface area contributed by atoms with Crippen molar-refractivity contribution in [2.75, 3.05) is 0 Å². The van der Waals surface area contributed by atoms with Crippen LogP contribution in [0.15, 0.2) is 18.5 Å². The van der Waals surface area contributed by atoms with Crippen LogP contribution in [0, 0.1) is 7.14 Å². The number of benzene rings is 1. The molecular weight excluding hydrogens is 413 g/mol. The van der Waals surface area contributed by atoms with E-state index in [1.807, 2.05) is 6.07 Å². The van der Waals surface area contributed by atoms with Gasteiger partial charge in [-0.2, -0.15) is 0 Å². The average Bonchev–Trinajstić information content (AvgIpc) is 2.07. The molecule has 0 atom stereocenters. The van der Waals surface area contributed by atoms with Crippen LogP contribution in [0.1, 0.15) is 0 Å². The van der Waals surface area contributed by atoms with Crippen LogP contribution in [0.2, 0.25) is 5.15 Å². The quantitative estimate of drug-likeness (QED) is 0.486. The summed E-state index contributed by atoms with van der Waals surface area (Å²) < 4.78 is 2.25. The van der Waals surface area contributed by atoms with E-state index < -0.39 is 0 Å². The number of halogens is 3. The Morgan fingerprint density at radius 2 is 1.92 bits per heavy atom. The number of nitrogens with zero attached hydrogens (tertiary/aromatic N) is 2. The number of aromatic nitrogens is 2. The van der Waals surface area contributed by atoms with Crippen molar-refractivity contribution in [1.82, 2.24) is 9.97 Å². The molecule has 2 aromatic rings. The van der Waals surface area contributed by atoms with E-state index in [-0.39, 0.29) is 0 Å². The Morgan fingerprint density at radius 3 is 2.69 bits per heavy atom. The van der Waals surface area contributed by atoms with Gasteiger partial charge >= 0.3 is 0 Å². The zero-order valence-corrected chi connectivity index (χ0v) is 11.3. The van der Waals surface area contributed by atoms with E-state index in [0.29, 0.717) is 5.15 Å². The van der Waals surface area contributed by atoms with Crippen LogP contribution in [0.5, 0.6) is 0 Å². The highest BCUT2D eigenvalue weighted by molar-refractivity contribution is 14.1. The van der Waals surface area contributed by atoms with Crippen LogP contribution in [0.25, 0.3) is 10.9 Å². The van der Waals surface area contributed by atoms with Gasteiger partial charge in [-0.1, -0.05) is 11.6 Å². The molecular formula is C8H3ClI2N2. The maximum Gasteiger partial charge on any atom is 0.140 e. The fourth-order valence-corrected chi connectivity index (χ4v) is 3.23. The van der Waals surface area contributed by atoms with Gasteiger partial charge in [-0.3, -0.25) is 0 Å². The Kier molecular flexibility index (Phi) is 2.89. The van der Waals surface area contributed by atoms with Crippen molar-refractivity contribution in [3.63, 3.8) is 0 Å². The van der Waals surface area contributed by atoms with Gasteiger partial charge in [0.05, 0.1) is 5.52 Å². The molecule has 0 radical (unpaired) electrons. The van der Waals surface area contributed by atoms with Crippen LogP contribution < -0.4 is 0 Å². The van der Waals surface area contributed by atoms with Crippen LogP contribution in [0.4, 0.5) is 0 Å². The maximum absolute atomic E-state index is 5.94. The van der Waals surface area contributed by atoms with Gasteiger partial charge in [0.1, 0.15) is 11.5 Å². The first-order valence-electron chi connectivity index (χ1n) is 3.44. The van der Waals surface area contributed by atoms with Crippen LogP contribution in [0.3, 0.4) is 0 Å². The lowest BCUT2D eigenvalue weighted by molar-refractivity contribution is 1.22. The van der Waals surface area contributed by atoms with E-state index in [1.165, 1.54) is 6.33 Å². The average molecular weight is 416 g/mol. The standard InChI is InChI=1S/C8H3ClI2N2/c9-8-5-1-4(10)2-6(11)7(5)12-3-13-8/h1-3H. The summed E-state index contributed by atoms with van der Waals surface area (Å²) in [5.74, 6) is 0. The van der Waals surface area contributed by atoms with Gasteiger partial charge in [0.25, 0.3) is 0 Å². The Balaban J connectivity index is 2.94. The molecule has 0 aliphatic rings. The second kappa shape index (κ2) is 3.82. The summed E-state index contributed by atoms with van der Waals surface area (Å²) >= 11 is 10.4. The Morgan fingerprint density at radius 1 is 1.15 bits per heavy atom. The van der Waals surface area contributed by atoms with E-state index in [0.717, 1.165) is 18.0 Å². The number of hydrogen-bond acceptors (Lipinski definition) is 2.